The average Bonchev–Trinajstić information content (AvgIpc) is 2.15. The SMILES string of the molecule is C1=C\CCC/C=C\C/1.C1=C\CCC/C=C\C/1.[Ni]. The van der Waals surface area contributed by atoms with Crippen LogP contribution >= 0.6 is 0 Å². The molecule has 0 saturated carbocycles. The van der Waals surface area contributed by atoms with Crippen LogP contribution in [0.5, 0.6) is 0 Å². The summed E-state index contributed by atoms with van der Waals surface area (Å²) in [6, 6.07) is 0. The summed E-state index contributed by atoms with van der Waals surface area (Å²) in [5, 5.41) is 0. The van der Waals surface area contributed by atoms with Crippen LogP contribution in [0.1, 0.15) is 51.4 Å². The maximum Gasteiger partial charge on any atom is 0 e. The number of rotatable bonds is 0. The van der Waals surface area contributed by atoms with Crippen molar-refractivity contribution >= 4 is 0 Å². The van der Waals surface area contributed by atoms with Gasteiger partial charge in [-0.05, 0) is 51.4 Å². The molecule has 0 amide bonds. The molecule has 1 heteroatoms. The third-order valence-electron chi connectivity index (χ3n) is 2.69. The van der Waals surface area contributed by atoms with Gasteiger partial charge in [0, 0.05) is 16.5 Å². The van der Waals surface area contributed by atoms with Crippen LogP contribution in [0.3, 0.4) is 0 Å². The van der Waals surface area contributed by atoms with Gasteiger partial charge in [-0.2, -0.15) is 0 Å². The first-order valence-corrected chi connectivity index (χ1v) is 6.60. The average molecular weight is 275 g/mol. The third-order valence-corrected chi connectivity index (χ3v) is 2.69. The van der Waals surface area contributed by atoms with Crippen LogP contribution in [-0.4, -0.2) is 0 Å². The van der Waals surface area contributed by atoms with Gasteiger partial charge in [0.25, 0.3) is 0 Å². The summed E-state index contributed by atoms with van der Waals surface area (Å²) in [6.45, 7) is 0. The van der Waals surface area contributed by atoms with E-state index in [2.05, 4.69) is 48.6 Å². The van der Waals surface area contributed by atoms with Crippen molar-refractivity contribution in [2.75, 3.05) is 0 Å². The zero-order valence-corrected chi connectivity index (χ0v) is 11.6. The largest absolute Gasteiger partial charge is 0.0882 e. The molecule has 0 aromatic heterocycles. The van der Waals surface area contributed by atoms with E-state index in [0.717, 1.165) is 12.8 Å². The summed E-state index contributed by atoms with van der Waals surface area (Å²) >= 11 is 0. The first-order valence-electron chi connectivity index (χ1n) is 6.60. The molecule has 0 fully saturated rings. The molecule has 2 rings (SSSR count). The van der Waals surface area contributed by atoms with Crippen LogP contribution in [0.4, 0.5) is 0 Å². The van der Waals surface area contributed by atoms with Crippen LogP contribution in [0, 0.1) is 0 Å². The van der Waals surface area contributed by atoms with Gasteiger partial charge in [-0.15, -0.1) is 0 Å². The molecule has 98 valence electrons. The van der Waals surface area contributed by atoms with E-state index in [0.29, 0.717) is 0 Å². The smallest absolute Gasteiger partial charge is 0 e. The summed E-state index contributed by atoms with van der Waals surface area (Å²) in [4.78, 5) is 0. The molecule has 0 nitrogen and oxygen atoms in total. The van der Waals surface area contributed by atoms with Crippen molar-refractivity contribution < 1.29 is 16.5 Å². The predicted molar refractivity (Wildman–Crippen MR) is 73.5 cm³/mol. The number of hydrogen-bond acceptors (Lipinski definition) is 0. The molecule has 2 aliphatic carbocycles. The van der Waals surface area contributed by atoms with Crippen molar-refractivity contribution in [1.29, 1.82) is 0 Å². The molecule has 2 aliphatic rings. The Bertz CT molecular complexity index is 207. The minimum absolute atomic E-state index is 0. The fraction of sp³-hybridized carbons (Fsp3) is 0.500. The Morgan fingerprint density at radius 3 is 1.00 bits per heavy atom. The monoisotopic (exact) mass is 274 g/mol. The molecule has 0 atom stereocenters. The fourth-order valence-electron chi connectivity index (χ4n) is 1.72. The molecule has 0 N–H and O–H groups in total. The minimum Gasteiger partial charge on any atom is -0.0882 e. The maximum absolute atomic E-state index is 2.27. The Morgan fingerprint density at radius 2 is 0.706 bits per heavy atom. The van der Waals surface area contributed by atoms with E-state index >= 15 is 0 Å². The van der Waals surface area contributed by atoms with Crippen LogP contribution < -0.4 is 0 Å². The van der Waals surface area contributed by atoms with Crippen LogP contribution in [0.25, 0.3) is 0 Å². The zero-order valence-electron chi connectivity index (χ0n) is 10.6. The first-order chi connectivity index (χ1) is 8.00. The second-order valence-electron chi connectivity index (χ2n) is 4.22. The second kappa shape index (κ2) is 13.5. The van der Waals surface area contributed by atoms with Gasteiger partial charge in [0.2, 0.25) is 0 Å². The minimum atomic E-state index is 0. The van der Waals surface area contributed by atoms with Gasteiger partial charge in [-0.3, -0.25) is 0 Å². The molecule has 0 aliphatic heterocycles. The molecular formula is C16H24Ni. The molecule has 0 heterocycles. The topological polar surface area (TPSA) is 0 Å². The van der Waals surface area contributed by atoms with Gasteiger partial charge in [-0.1, -0.05) is 48.6 Å². The molecule has 0 saturated heterocycles. The third kappa shape index (κ3) is 11.7. The van der Waals surface area contributed by atoms with Gasteiger partial charge in [-0.25, -0.2) is 0 Å². The van der Waals surface area contributed by atoms with E-state index in [9.17, 15) is 0 Å². The number of hydrogen-bond donors (Lipinski definition) is 0. The Kier molecular flexibility index (Phi) is 13.1. The van der Waals surface area contributed by atoms with E-state index in [1.165, 1.54) is 38.5 Å². The van der Waals surface area contributed by atoms with Gasteiger partial charge >= 0.3 is 0 Å². The van der Waals surface area contributed by atoms with E-state index in [-0.39, 0.29) is 16.5 Å². The van der Waals surface area contributed by atoms with Crippen LogP contribution in [-0.2, 0) is 16.5 Å². The van der Waals surface area contributed by atoms with Crippen LogP contribution in [0.2, 0.25) is 0 Å². The van der Waals surface area contributed by atoms with E-state index < -0.39 is 0 Å². The van der Waals surface area contributed by atoms with Crippen molar-refractivity contribution in [2.45, 2.75) is 51.4 Å². The zero-order chi connectivity index (χ0) is 11.3. The summed E-state index contributed by atoms with van der Waals surface area (Å²) < 4.78 is 0. The summed E-state index contributed by atoms with van der Waals surface area (Å²) in [7, 11) is 0. The van der Waals surface area contributed by atoms with Crippen LogP contribution in [0.15, 0.2) is 48.6 Å². The van der Waals surface area contributed by atoms with Crippen molar-refractivity contribution in [3.63, 3.8) is 0 Å². The molecule has 0 radical (unpaired) electrons. The molecule has 17 heavy (non-hydrogen) atoms. The van der Waals surface area contributed by atoms with Crippen molar-refractivity contribution in [1.82, 2.24) is 0 Å². The Morgan fingerprint density at radius 1 is 0.412 bits per heavy atom. The first kappa shape index (κ1) is 16.5. The van der Waals surface area contributed by atoms with Gasteiger partial charge in [0.05, 0.1) is 0 Å². The quantitative estimate of drug-likeness (QED) is 0.413. The van der Waals surface area contributed by atoms with E-state index in [1.807, 2.05) is 0 Å². The molecule has 0 aromatic carbocycles. The Balaban J connectivity index is 0.000000284. The normalized spacial score (nSPS) is 26.4. The standard InChI is InChI=1S/2C8H12.Ni/c2*1-2-4-6-8-7-5-3-1;/h2*1-2,5,7H,3-4,6,8H2;/b2*2-1-,7-5-;. The van der Waals surface area contributed by atoms with E-state index in [4.69, 9.17) is 0 Å². The van der Waals surface area contributed by atoms with E-state index in [1.54, 1.807) is 0 Å². The fourth-order valence-corrected chi connectivity index (χ4v) is 1.72. The predicted octanol–water partition coefficient (Wildman–Crippen LogP) is 5.34. The molecule has 0 aromatic rings. The maximum atomic E-state index is 2.27. The summed E-state index contributed by atoms with van der Waals surface area (Å²) in [5.74, 6) is 0. The molecular weight excluding hydrogens is 251 g/mol. The molecule has 0 spiro atoms. The Labute approximate surface area is 116 Å². The van der Waals surface area contributed by atoms with Crippen molar-refractivity contribution in [3.05, 3.63) is 48.6 Å². The molecule has 0 unspecified atom stereocenters. The second-order valence-corrected chi connectivity index (χ2v) is 4.22. The summed E-state index contributed by atoms with van der Waals surface area (Å²) in [6.07, 6.45) is 28.0. The van der Waals surface area contributed by atoms with Gasteiger partial charge < -0.3 is 0 Å². The summed E-state index contributed by atoms with van der Waals surface area (Å²) in [5.41, 5.74) is 0. The van der Waals surface area contributed by atoms with Gasteiger partial charge in [0.1, 0.15) is 0 Å². The van der Waals surface area contributed by atoms with Crippen molar-refractivity contribution in [2.24, 2.45) is 0 Å². The van der Waals surface area contributed by atoms with Gasteiger partial charge in [0.15, 0.2) is 0 Å². The Hall–Kier alpha value is -0.546. The van der Waals surface area contributed by atoms with Crippen molar-refractivity contribution in [3.8, 4) is 0 Å². The number of allylic oxidation sites excluding steroid dienone is 8. The molecule has 0 bridgehead atoms.